The lowest BCUT2D eigenvalue weighted by Gasteiger charge is -2.09. The smallest absolute Gasteiger partial charge is 0.163 e. The van der Waals surface area contributed by atoms with Crippen molar-refractivity contribution in [2.75, 3.05) is 0 Å². The van der Waals surface area contributed by atoms with Crippen molar-refractivity contribution in [3.63, 3.8) is 0 Å². The summed E-state index contributed by atoms with van der Waals surface area (Å²) in [6.07, 6.45) is 5.80. The van der Waals surface area contributed by atoms with Crippen LogP contribution in [0.4, 0.5) is 0 Å². The van der Waals surface area contributed by atoms with E-state index in [0.29, 0.717) is 12.3 Å². The van der Waals surface area contributed by atoms with E-state index in [-0.39, 0.29) is 5.78 Å². The average Bonchev–Trinajstić information content (AvgIpc) is 2.53. The zero-order valence-electron chi connectivity index (χ0n) is 11.8. The first kappa shape index (κ1) is 14.3. The normalized spacial score (nSPS) is 12.4. The van der Waals surface area contributed by atoms with Gasteiger partial charge in [0.05, 0.1) is 0 Å². The van der Waals surface area contributed by atoms with Gasteiger partial charge in [-0.3, -0.25) is 4.79 Å². The third-order valence-corrected chi connectivity index (χ3v) is 3.43. The zero-order valence-corrected chi connectivity index (χ0v) is 11.8. The molecular weight excluding hydrogens is 244 g/mol. The molecule has 0 aliphatic carbocycles. The van der Waals surface area contributed by atoms with Crippen molar-refractivity contribution >= 4 is 11.9 Å². The number of allylic oxidation sites excluding steroid dienone is 1. The first-order valence-electron chi connectivity index (χ1n) is 7.11. The van der Waals surface area contributed by atoms with Crippen LogP contribution in [0.15, 0.2) is 66.7 Å². The van der Waals surface area contributed by atoms with Gasteiger partial charge >= 0.3 is 0 Å². The molecule has 0 fully saturated rings. The van der Waals surface area contributed by atoms with Gasteiger partial charge in [0.1, 0.15) is 0 Å². The third-order valence-electron chi connectivity index (χ3n) is 3.43. The van der Waals surface area contributed by atoms with Gasteiger partial charge in [0, 0.05) is 12.0 Å². The minimum Gasteiger partial charge on any atom is -0.294 e. The summed E-state index contributed by atoms with van der Waals surface area (Å²) in [5.74, 6) is 0.512. The highest BCUT2D eigenvalue weighted by molar-refractivity contribution is 5.96. The van der Waals surface area contributed by atoms with E-state index in [1.807, 2.05) is 48.5 Å². The van der Waals surface area contributed by atoms with E-state index in [9.17, 15) is 4.79 Å². The van der Waals surface area contributed by atoms with Crippen molar-refractivity contribution in [3.8, 4) is 0 Å². The molecule has 0 aliphatic rings. The summed E-state index contributed by atoms with van der Waals surface area (Å²) < 4.78 is 0. The highest BCUT2D eigenvalue weighted by Gasteiger charge is 2.10. The van der Waals surface area contributed by atoms with Gasteiger partial charge in [-0.2, -0.15) is 0 Å². The van der Waals surface area contributed by atoms with Gasteiger partial charge < -0.3 is 0 Å². The number of Topliss-reactive ketones (excluding diaryl/α,β-unsaturated/α-hetero) is 1. The number of ketones is 1. The van der Waals surface area contributed by atoms with Gasteiger partial charge in [-0.25, -0.2) is 0 Å². The van der Waals surface area contributed by atoms with Gasteiger partial charge in [0.25, 0.3) is 0 Å². The van der Waals surface area contributed by atoms with E-state index < -0.39 is 0 Å². The third kappa shape index (κ3) is 4.20. The first-order chi connectivity index (χ1) is 9.79. The lowest BCUT2D eigenvalue weighted by atomic mass is 9.95. The minimum atomic E-state index is 0.218. The Morgan fingerprint density at radius 2 is 1.60 bits per heavy atom. The Morgan fingerprint density at radius 3 is 2.20 bits per heavy atom. The Labute approximate surface area is 121 Å². The van der Waals surface area contributed by atoms with Crippen molar-refractivity contribution in [1.82, 2.24) is 0 Å². The Bertz CT molecular complexity index is 555. The molecule has 0 amide bonds. The van der Waals surface area contributed by atoms with Crippen LogP contribution in [0.25, 0.3) is 6.08 Å². The quantitative estimate of drug-likeness (QED) is 0.671. The van der Waals surface area contributed by atoms with Gasteiger partial charge in [0.2, 0.25) is 0 Å². The fourth-order valence-corrected chi connectivity index (χ4v) is 2.14. The van der Waals surface area contributed by atoms with Crippen molar-refractivity contribution in [2.24, 2.45) is 5.92 Å². The zero-order chi connectivity index (χ0) is 14.2. The molecule has 102 valence electrons. The fraction of sp³-hybridized carbons (Fsp3) is 0.211. The molecule has 1 unspecified atom stereocenters. The molecule has 0 radical (unpaired) electrons. The van der Waals surface area contributed by atoms with Gasteiger partial charge in [0.15, 0.2) is 5.78 Å². The summed E-state index contributed by atoms with van der Waals surface area (Å²) in [5.41, 5.74) is 1.98. The van der Waals surface area contributed by atoms with Crippen LogP contribution in [0.3, 0.4) is 0 Å². The summed E-state index contributed by atoms with van der Waals surface area (Å²) in [5, 5.41) is 0. The van der Waals surface area contributed by atoms with Gasteiger partial charge in [-0.1, -0.05) is 79.7 Å². The SMILES string of the molecule is CCC(/C=C/c1ccccc1)CC(=O)c1ccccc1. The number of rotatable bonds is 6. The van der Waals surface area contributed by atoms with E-state index in [1.165, 1.54) is 5.56 Å². The highest BCUT2D eigenvalue weighted by atomic mass is 16.1. The Morgan fingerprint density at radius 1 is 1.00 bits per heavy atom. The molecule has 0 spiro atoms. The highest BCUT2D eigenvalue weighted by Crippen LogP contribution is 2.16. The molecule has 0 saturated heterocycles. The van der Waals surface area contributed by atoms with E-state index in [4.69, 9.17) is 0 Å². The Hall–Kier alpha value is -2.15. The van der Waals surface area contributed by atoms with Crippen LogP contribution in [-0.4, -0.2) is 5.78 Å². The maximum atomic E-state index is 12.2. The fourth-order valence-electron chi connectivity index (χ4n) is 2.14. The molecule has 1 heteroatoms. The van der Waals surface area contributed by atoms with E-state index >= 15 is 0 Å². The topological polar surface area (TPSA) is 17.1 Å². The van der Waals surface area contributed by atoms with E-state index in [2.05, 4.69) is 31.2 Å². The molecule has 2 aromatic rings. The monoisotopic (exact) mass is 264 g/mol. The van der Waals surface area contributed by atoms with E-state index in [0.717, 1.165) is 12.0 Å². The molecule has 1 atom stereocenters. The maximum absolute atomic E-state index is 12.2. The summed E-state index contributed by atoms with van der Waals surface area (Å²) >= 11 is 0. The van der Waals surface area contributed by atoms with Crippen LogP contribution >= 0.6 is 0 Å². The molecule has 2 rings (SSSR count). The largest absolute Gasteiger partial charge is 0.294 e. The van der Waals surface area contributed by atoms with E-state index in [1.54, 1.807) is 0 Å². The minimum absolute atomic E-state index is 0.218. The lowest BCUT2D eigenvalue weighted by molar-refractivity contribution is 0.0968. The second-order valence-electron chi connectivity index (χ2n) is 4.93. The van der Waals surface area contributed by atoms with Crippen LogP contribution < -0.4 is 0 Å². The molecule has 0 heterocycles. The molecule has 20 heavy (non-hydrogen) atoms. The van der Waals surface area contributed by atoms with Crippen molar-refractivity contribution in [1.29, 1.82) is 0 Å². The summed E-state index contributed by atoms with van der Waals surface area (Å²) in [6.45, 7) is 2.12. The predicted octanol–water partition coefficient (Wildman–Crippen LogP) is 5.00. The predicted molar refractivity (Wildman–Crippen MR) is 84.6 cm³/mol. The van der Waals surface area contributed by atoms with Crippen molar-refractivity contribution < 1.29 is 4.79 Å². The summed E-state index contributed by atoms with van der Waals surface area (Å²) in [4.78, 5) is 12.2. The summed E-state index contributed by atoms with van der Waals surface area (Å²) in [7, 11) is 0. The number of benzene rings is 2. The molecule has 0 N–H and O–H groups in total. The van der Waals surface area contributed by atoms with Crippen molar-refractivity contribution in [3.05, 3.63) is 77.9 Å². The maximum Gasteiger partial charge on any atom is 0.163 e. The molecular formula is C19H20O. The number of hydrogen-bond donors (Lipinski definition) is 0. The molecule has 0 aliphatic heterocycles. The van der Waals surface area contributed by atoms with Gasteiger partial charge in [-0.15, -0.1) is 0 Å². The molecule has 0 saturated carbocycles. The molecule has 1 nitrogen and oxygen atoms in total. The van der Waals surface area contributed by atoms with Crippen LogP contribution in [0.2, 0.25) is 0 Å². The van der Waals surface area contributed by atoms with Crippen molar-refractivity contribution in [2.45, 2.75) is 19.8 Å². The number of hydrogen-bond acceptors (Lipinski definition) is 1. The molecule has 0 bridgehead atoms. The van der Waals surface area contributed by atoms with Crippen LogP contribution in [0, 0.1) is 5.92 Å². The Kier molecular flexibility index (Phi) is 5.31. The number of carbonyl (C=O) groups is 1. The second-order valence-corrected chi connectivity index (χ2v) is 4.93. The summed E-state index contributed by atoms with van der Waals surface area (Å²) in [6, 6.07) is 19.7. The van der Waals surface area contributed by atoms with Crippen LogP contribution in [-0.2, 0) is 0 Å². The van der Waals surface area contributed by atoms with Crippen LogP contribution in [0.5, 0.6) is 0 Å². The molecule has 0 aromatic heterocycles. The average molecular weight is 264 g/mol. The van der Waals surface area contributed by atoms with Gasteiger partial charge in [-0.05, 0) is 17.9 Å². The lowest BCUT2D eigenvalue weighted by Crippen LogP contribution is -2.06. The first-order valence-corrected chi connectivity index (χ1v) is 7.11. The Balaban J connectivity index is 1.99. The second kappa shape index (κ2) is 7.44. The number of carbonyl (C=O) groups excluding carboxylic acids is 1. The molecule has 2 aromatic carbocycles. The van der Waals surface area contributed by atoms with Crippen LogP contribution in [0.1, 0.15) is 35.7 Å². The standard InChI is InChI=1S/C19H20O/c1-2-16(13-14-17-9-5-3-6-10-17)15-19(20)18-11-7-4-8-12-18/h3-14,16H,2,15H2,1H3/b14-13+.